The van der Waals surface area contributed by atoms with E-state index in [1.54, 1.807) is 30.6 Å². The first-order valence-electron chi connectivity index (χ1n) is 11.4. The predicted octanol–water partition coefficient (Wildman–Crippen LogP) is 5.71. The number of para-hydroxylation sites is 1. The molecule has 0 fully saturated rings. The van der Waals surface area contributed by atoms with Crippen molar-refractivity contribution in [2.75, 3.05) is 14.2 Å². The summed E-state index contributed by atoms with van der Waals surface area (Å²) in [7, 11) is 3.22. The van der Waals surface area contributed by atoms with Crippen molar-refractivity contribution in [1.82, 2.24) is 14.8 Å². The molecule has 1 amide bonds. The van der Waals surface area contributed by atoms with E-state index in [1.165, 1.54) is 0 Å². The molecule has 1 aliphatic heterocycles. The summed E-state index contributed by atoms with van der Waals surface area (Å²) in [5, 5.41) is 13.4. The summed E-state index contributed by atoms with van der Waals surface area (Å²) >= 11 is 1.63. The third kappa shape index (κ3) is 4.33. The largest absolute Gasteiger partial charge is 0.493 e. The number of thiophene rings is 1. The Hall–Kier alpha value is -3.91. The molecule has 3 heterocycles. The lowest BCUT2D eigenvalue weighted by atomic mass is 9.98. The Morgan fingerprint density at radius 2 is 1.86 bits per heavy atom. The lowest BCUT2D eigenvalue weighted by Crippen LogP contribution is -2.26. The number of aromatic nitrogens is 2. The van der Waals surface area contributed by atoms with Crippen molar-refractivity contribution in [3.8, 4) is 27.8 Å². The van der Waals surface area contributed by atoms with Gasteiger partial charge in [0.25, 0.3) is 0 Å². The fraction of sp³-hybridized carbons (Fsp3) is 0.222. The van der Waals surface area contributed by atoms with Crippen LogP contribution in [0.2, 0.25) is 0 Å². The van der Waals surface area contributed by atoms with Crippen molar-refractivity contribution < 1.29 is 14.3 Å². The van der Waals surface area contributed by atoms with Gasteiger partial charge in [-0.1, -0.05) is 31.2 Å². The van der Waals surface area contributed by atoms with Crippen LogP contribution in [0.1, 0.15) is 36.9 Å². The molecule has 0 aliphatic carbocycles. The molecular weight excluding hydrogens is 460 g/mol. The molecule has 178 valence electrons. The molecule has 0 saturated heterocycles. The highest BCUT2D eigenvalue weighted by atomic mass is 32.1. The topological polar surface area (TPSA) is 69.0 Å². The van der Waals surface area contributed by atoms with Gasteiger partial charge < -0.3 is 9.47 Å². The van der Waals surface area contributed by atoms with Crippen molar-refractivity contribution in [3.05, 3.63) is 83.4 Å². The number of hydrogen-bond acceptors (Lipinski definition) is 6. The number of methoxy groups -OCH3 is 2. The van der Waals surface area contributed by atoms with Crippen molar-refractivity contribution >= 4 is 23.0 Å². The molecular formula is C27H26N4O3S. The second-order valence-electron chi connectivity index (χ2n) is 8.12. The SMILES string of the molecule is CCC(=O)N1N=C(c2ccc(OC)c(OC)c2)CC1c1cn(-c2ccccc2)nc1-c1cccs1. The minimum Gasteiger partial charge on any atom is -0.493 e. The Bertz CT molecular complexity index is 1360. The van der Waals surface area contributed by atoms with Crippen LogP contribution in [-0.2, 0) is 4.79 Å². The molecule has 4 aromatic rings. The van der Waals surface area contributed by atoms with Gasteiger partial charge >= 0.3 is 0 Å². The third-order valence-electron chi connectivity index (χ3n) is 6.06. The van der Waals surface area contributed by atoms with Crippen molar-refractivity contribution in [3.63, 3.8) is 0 Å². The van der Waals surface area contributed by atoms with E-state index in [4.69, 9.17) is 19.7 Å². The Kier molecular flexibility index (Phi) is 6.37. The molecule has 1 atom stereocenters. The van der Waals surface area contributed by atoms with Gasteiger partial charge in [0.1, 0.15) is 5.69 Å². The monoisotopic (exact) mass is 486 g/mol. The number of benzene rings is 2. The van der Waals surface area contributed by atoms with Crippen LogP contribution < -0.4 is 9.47 Å². The van der Waals surface area contributed by atoms with Crippen LogP contribution in [0.4, 0.5) is 0 Å². The van der Waals surface area contributed by atoms with Crippen LogP contribution in [0.3, 0.4) is 0 Å². The first kappa shape index (κ1) is 22.9. The van der Waals surface area contributed by atoms with Gasteiger partial charge in [0.05, 0.1) is 36.5 Å². The van der Waals surface area contributed by atoms with Crippen LogP contribution in [0.25, 0.3) is 16.3 Å². The van der Waals surface area contributed by atoms with Gasteiger partial charge in [-0.05, 0) is 41.8 Å². The Balaban J connectivity index is 1.59. The normalized spacial score (nSPS) is 15.2. The van der Waals surface area contributed by atoms with Crippen molar-refractivity contribution in [1.29, 1.82) is 0 Å². The zero-order valence-electron chi connectivity index (χ0n) is 19.8. The number of nitrogens with zero attached hydrogens (tertiary/aromatic N) is 4. The minimum atomic E-state index is -0.264. The van der Waals surface area contributed by atoms with Gasteiger partial charge in [-0.2, -0.15) is 10.2 Å². The number of hydrogen-bond donors (Lipinski definition) is 0. The van der Waals surface area contributed by atoms with Gasteiger partial charge in [-0.15, -0.1) is 11.3 Å². The van der Waals surface area contributed by atoms with Crippen molar-refractivity contribution in [2.24, 2.45) is 5.10 Å². The number of carbonyl (C=O) groups excluding carboxylic acids is 1. The lowest BCUT2D eigenvalue weighted by molar-refractivity contribution is -0.132. The fourth-order valence-electron chi connectivity index (χ4n) is 4.28. The molecule has 1 unspecified atom stereocenters. The van der Waals surface area contributed by atoms with Crippen LogP contribution in [-0.4, -0.2) is 40.6 Å². The van der Waals surface area contributed by atoms with E-state index in [2.05, 4.69) is 6.07 Å². The number of carbonyl (C=O) groups is 1. The standard InChI is InChI=1S/C27H26N4O3S/c1-4-26(32)31-22(16-21(28-31)18-12-13-23(33-2)24(15-18)34-3)20-17-30(19-9-6-5-7-10-19)29-27(20)25-11-8-14-35-25/h5-15,17,22H,4,16H2,1-3H3. The molecule has 0 radical (unpaired) electrons. The highest BCUT2D eigenvalue weighted by Gasteiger charge is 2.36. The fourth-order valence-corrected chi connectivity index (χ4v) is 5.01. The lowest BCUT2D eigenvalue weighted by Gasteiger charge is -2.21. The van der Waals surface area contributed by atoms with E-state index < -0.39 is 0 Å². The molecule has 5 rings (SSSR count). The zero-order valence-corrected chi connectivity index (χ0v) is 20.7. The second-order valence-corrected chi connectivity index (χ2v) is 9.07. The van der Waals surface area contributed by atoms with E-state index >= 15 is 0 Å². The van der Waals surface area contributed by atoms with E-state index in [-0.39, 0.29) is 11.9 Å². The maximum absolute atomic E-state index is 13.0. The van der Waals surface area contributed by atoms with Crippen LogP contribution in [0.5, 0.6) is 11.5 Å². The molecule has 0 bridgehead atoms. The summed E-state index contributed by atoms with van der Waals surface area (Å²) in [4.78, 5) is 14.1. The quantitative estimate of drug-likeness (QED) is 0.336. The van der Waals surface area contributed by atoms with E-state index in [0.29, 0.717) is 24.3 Å². The van der Waals surface area contributed by atoms with Crippen LogP contribution in [0.15, 0.2) is 77.3 Å². The molecule has 7 nitrogen and oxygen atoms in total. The van der Waals surface area contributed by atoms with E-state index in [0.717, 1.165) is 33.1 Å². The summed E-state index contributed by atoms with van der Waals surface area (Å²) in [6.45, 7) is 1.86. The Labute approximate surface area is 208 Å². The predicted molar refractivity (Wildman–Crippen MR) is 137 cm³/mol. The van der Waals surface area contributed by atoms with Crippen LogP contribution >= 0.6 is 11.3 Å². The van der Waals surface area contributed by atoms with E-state index in [1.807, 2.05) is 77.8 Å². The van der Waals surface area contributed by atoms with Gasteiger partial charge in [-0.25, -0.2) is 9.69 Å². The van der Waals surface area contributed by atoms with Gasteiger partial charge in [0.2, 0.25) is 5.91 Å². The average Bonchev–Trinajstić information content (AvgIpc) is 3.67. The number of hydrazone groups is 1. The van der Waals surface area contributed by atoms with Crippen LogP contribution in [0, 0.1) is 0 Å². The molecule has 2 aromatic heterocycles. The summed E-state index contributed by atoms with van der Waals surface area (Å²) in [6.07, 6.45) is 2.96. The maximum Gasteiger partial charge on any atom is 0.242 e. The second kappa shape index (κ2) is 9.76. The smallest absolute Gasteiger partial charge is 0.242 e. The highest BCUT2D eigenvalue weighted by molar-refractivity contribution is 7.13. The summed E-state index contributed by atoms with van der Waals surface area (Å²) < 4.78 is 12.8. The number of rotatable bonds is 7. The first-order valence-corrected chi connectivity index (χ1v) is 12.3. The molecule has 8 heteroatoms. The average molecular weight is 487 g/mol. The summed E-state index contributed by atoms with van der Waals surface area (Å²) in [5.74, 6) is 1.24. The summed E-state index contributed by atoms with van der Waals surface area (Å²) in [5.41, 5.74) is 4.52. The molecule has 1 aliphatic rings. The molecule has 0 spiro atoms. The maximum atomic E-state index is 13.0. The van der Waals surface area contributed by atoms with Gasteiger partial charge in [0, 0.05) is 30.2 Å². The minimum absolute atomic E-state index is 0.0323. The van der Waals surface area contributed by atoms with Gasteiger partial charge in [0.15, 0.2) is 11.5 Å². The molecule has 0 saturated carbocycles. The third-order valence-corrected chi connectivity index (χ3v) is 6.94. The summed E-state index contributed by atoms with van der Waals surface area (Å²) in [6, 6.07) is 19.5. The number of amides is 1. The first-order chi connectivity index (χ1) is 17.1. The Morgan fingerprint density at radius 3 is 2.54 bits per heavy atom. The van der Waals surface area contributed by atoms with Crippen molar-refractivity contribution in [2.45, 2.75) is 25.8 Å². The van der Waals surface area contributed by atoms with E-state index in [9.17, 15) is 4.79 Å². The Morgan fingerprint density at radius 1 is 1.06 bits per heavy atom. The van der Waals surface area contributed by atoms with Gasteiger partial charge in [-0.3, -0.25) is 4.79 Å². The molecule has 0 N–H and O–H groups in total. The molecule has 2 aromatic carbocycles. The highest BCUT2D eigenvalue weighted by Crippen LogP contribution is 2.40. The molecule has 35 heavy (non-hydrogen) atoms. The number of ether oxygens (including phenoxy) is 2. The zero-order chi connectivity index (χ0) is 24.4.